The monoisotopic (exact) mass is 277 g/mol. The van der Waals surface area contributed by atoms with Crippen LogP contribution in [0.15, 0.2) is 12.4 Å². The second kappa shape index (κ2) is 6.85. The smallest absolute Gasteiger partial charge is 0.134 e. The molecule has 20 heavy (non-hydrogen) atoms. The molecule has 0 amide bonds. The van der Waals surface area contributed by atoms with Crippen molar-refractivity contribution >= 4 is 11.6 Å². The van der Waals surface area contributed by atoms with Crippen molar-refractivity contribution in [3.8, 4) is 0 Å². The SMILES string of the molecule is c1nc(NCCN2CCOCC2)cc(N2CCCC2)n1. The van der Waals surface area contributed by atoms with Crippen LogP contribution < -0.4 is 10.2 Å². The number of morpholine rings is 1. The highest BCUT2D eigenvalue weighted by atomic mass is 16.5. The van der Waals surface area contributed by atoms with Gasteiger partial charge in [-0.2, -0.15) is 0 Å². The summed E-state index contributed by atoms with van der Waals surface area (Å²) in [4.78, 5) is 13.4. The molecule has 2 saturated heterocycles. The maximum Gasteiger partial charge on any atom is 0.134 e. The number of anilines is 2. The lowest BCUT2D eigenvalue weighted by molar-refractivity contribution is 0.0398. The quantitative estimate of drug-likeness (QED) is 0.860. The van der Waals surface area contributed by atoms with Gasteiger partial charge in [0.1, 0.15) is 18.0 Å². The van der Waals surface area contributed by atoms with Gasteiger partial charge in [0, 0.05) is 45.3 Å². The fourth-order valence-electron chi connectivity index (χ4n) is 2.73. The highest BCUT2D eigenvalue weighted by molar-refractivity contribution is 5.48. The number of rotatable bonds is 5. The van der Waals surface area contributed by atoms with Crippen molar-refractivity contribution in [3.63, 3.8) is 0 Å². The normalized spacial score (nSPS) is 20.3. The number of ether oxygens (including phenoxy) is 1. The van der Waals surface area contributed by atoms with E-state index >= 15 is 0 Å². The number of nitrogens with zero attached hydrogens (tertiary/aromatic N) is 4. The van der Waals surface area contributed by atoms with Crippen molar-refractivity contribution in [2.24, 2.45) is 0 Å². The maximum atomic E-state index is 5.35. The molecule has 6 nitrogen and oxygen atoms in total. The van der Waals surface area contributed by atoms with Gasteiger partial charge in [-0.1, -0.05) is 0 Å². The van der Waals surface area contributed by atoms with Crippen LogP contribution >= 0.6 is 0 Å². The molecule has 0 bridgehead atoms. The second-order valence-corrected chi connectivity index (χ2v) is 5.34. The van der Waals surface area contributed by atoms with Crippen molar-refractivity contribution in [2.45, 2.75) is 12.8 Å². The van der Waals surface area contributed by atoms with Crippen LogP contribution in [0.5, 0.6) is 0 Å². The molecule has 0 aliphatic carbocycles. The van der Waals surface area contributed by atoms with Crippen LogP contribution in [0, 0.1) is 0 Å². The standard InChI is InChI=1S/C14H23N5O/c1-2-5-19(4-1)14-11-13(16-12-17-14)15-3-6-18-7-9-20-10-8-18/h11-12H,1-10H2,(H,15,16,17). The summed E-state index contributed by atoms with van der Waals surface area (Å²) in [5.74, 6) is 1.97. The molecular formula is C14H23N5O. The Kier molecular flexibility index (Phi) is 4.65. The average molecular weight is 277 g/mol. The first-order valence-electron chi connectivity index (χ1n) is 7.53. The number of hydrogen-bond donors (Lipinski definition) is 1. The van der Waals surface area contributed by atoms with E-state index < -0.39 is 0 Å². The van der Waals surface area contributed by atoms with Gasteiger partial charge >= 0.3 is 0 Å². The van der Waals surface area contributed by atoms with Crippen LogP contribution in [-0.2, 0) is 4.74 Å². The van der Waals surface area contributed by atoms with Gasteiger partial charge in [-0.25, -0.2) is 9.97 Å². The van der Waals surface area contributed by atoms with E-state index in [9.17, 15) is 0 Å². The van der Waals surface area contributed by atoms with Crippen LogP contribution in [0.1, 0.15) is 12.8 Å². The van der Waals surface area contributed by atoms with Crippen LogP contribution in [-0.4, -0.2) is 67.4 Å². The molecule has 1 N–H and O–H groups in total. The summed E-state index contributed by atoms with van der Waals surface area (Å²) in [5, 5.41) is 3.40. The van der Waals surface area contributed by atoms with E-state index in [2.05, 4.69) is 31.2 Å². The minimum atomic E-state index is 0.854. The molecule has 0 saturated carbocycles. The Morgan fingerprint density at radius 3 is 2.70 bits per heavy atom. The Hall–Kier alpha value is -1.40. The summed E-state index contributed by atoms with van der Waals surface area (Å²) in [6.07, 6.45) is 4.19. The lowest BCUT2D eigenvalue weighted by atomic mass is 10.4. The molecular weight excluding hydrogens is 254 g/mol. The largest absolute Gasteiger partial charge is 0.379 e. The molecule has 1 aromatic heterocycles. The number of hydrogen-bond acceptors (Lipinski definition) is 6. The summed E-state index contributed by atoms with van der Waals surface area (Å²) >= 11 is 0. The van der Waals surface area contributed by atoms with Gasteiger partial charge in [-0.15, -0.1) is 0 Å². The zero-order valence-corrected chi connectivity index (χ0v) is 11.9. The van der Waals surface area contributed by atoms with Crippen LogP contribution in [0.2, 0.25) is 0 Å². The molecule has 0 radical (unpaired) electrons. The molecule has 0 aromatic carbocycles. The first kappa shape index (κ1) is 13.6. The Morgan fingerprint density at radius 1 is 1.10 bits per heavy atom. The first-order valence-corrected chi connectivity index (χ1v) is 7.53. The molecule has 2 aliphatic heterocycles. The van der Waals surface area contributed by atoms with Crippen LogP contribution in [0.3, 0.4) is 0 Å². The topological polar surface area (TPSA) is 53.5 Å². The van der Waals surface area contributed by atoms with E-state index in [1.807, 2.05) is 0 Å². The van der Waals surface area contributed by atoms with Gasteiger partial charge in [0.25, 0.3) is 0 Å². The van der Waals surface area contributed by atoms with Crippen molar-refractivity contribution < 1.29 is 4.74 Å². The molecule has 3 heterocycles. The second-order valence-electron chi connectivity index (χ2n) is 5.34. The Balaban J connectivity index is 1.48. The summed E-state index contributed by atoms with van der Waals surface area (Å²) in [5.41, 5.74) is 0. The van der Waals surface area contributed by atoms with Crippen molar-refractivity contribution in [1.82, 2.24) is 14.9 Å². The molecule has 0 unspecified atom stereocenters. The highest BCUT2D eigenvalue weighted by Gasteiger charge is 2.14. The fraction of sp³-hybridized carbons (Fsp3) is 0.714. The van der Waals surface area contributed by atoms with E-state index in [0.29, 0.717) is 0 Å². The molecule has 1 aromatic rings. The molecule has 110 valence electrons. The van der Waals surface area contributed by atoms with Crippen LogP contribution in [0.4, 0.5) is 11.6 Å². The van der Waals surface area contributed by atoms with Crippen molar-refractivity contribution in [3.05, 3.63) is 12.4 Å². The molecule has 0 atom stereocenters. The van der Waals surface area contributed by atoms with Gasteiger partial charge < -0.3 is 15.0 Å². The third-order valence-corrected chi connectivity index (χ3v) is 3.92. The summed E-state index contributed by atoms with van der Waals surface area (Å²) in [6.45, 7) is 7.95. The van der Waals surface area contributed by atoms with E-state index in [0.717, 1.165) is 64.1 Å². The summed E-state index contributed by atoms with van der Waals surface area (Å²) in [7, 11) is 0. The van der Waals surface area contributed by atoms with Gasteiger partial charge in [0.05, 0.1) is 13.2 Å². The van der Waals surface area contributed by atoms with Gasteiger partial charge in [-0.3, -0.25) is 4.90 Å². The molecule has 3 rings (SSSR count). The lowest BCUT2D eigenvalue weighted by Gasteiger charge is -2.26. The van der Waals surface area contributed by atoms with Gasteiger partial charge in [0.2, 0.25) is 0 Å². The van der Waals surface area contributed by atoms with E-state index in [1.165, 1.54) is 12.8 Å². The predicted octanol–water partition coefficient (Wildman–Crippen LogP) is 0.821. The molecule has 2 fully saturated rings. The summed E-state index contributed by atoms with van der Waals surface area (Å²) < 4.78 is 5.35. The number of nitrogens with one attached hydrogen (secondary N) is 1. The Bertz CT molecular complexity index is 416. The average Bonchev–Trinajstić information content (AvgIpc) is 3.03. The minimum Gasteiger partial charge on any atom is -0.379 e. The van der Waals surface area contributed by atoms with Gasteiger partial charge in [-0.05, 0) is 12.8 Å². The van der Waals surface area contributed by atoms with Crippen molar-refractivity contribution in [2.75, 3.05) is 62.7 Å². The molecule has 0 spiro atoms. The summed E-state index contributed by atoms with van der Waals surface area (Å²) in [6, 6.07) is 2.06. The zero-order chi connectivity index (χ0) is 13.6. The third kappa shape index (κ3) is 3.58. The first-order chi connectivity index (χ1) is 9.92. The van der Waals surface area contributed by atoms with Crippen LogP contribution in [0.25, 0.3) is 0 Å². The molecule has 6 heteroatoms. The van der Waals surface area contributed by atoms with E-state index in [-0.39, 0.29) is 0 Å². The molecule has 2 aliphatic rings. The minimum absolute atomic E-state index is 0.854. The third-order valence-electron chi connectivity index (χ3n) is 3.92. The number of aromatic nitrogens is 2. The zero-order valence-electron chi connectivity index (χ0n) is 11.9. The lowest BCUT2D eigenvalue weighted by Crippen LogP contribution is -2.39. The Morgan fingerprint density at radius 2 is 1.90 bits per heavy atom. The maximum absolute atomic E-state index is 5.35. The Labute approximate surface area is 120 Å². The van der Waals surface area contributed by atoms with E-state index in [4.69, 9.17) is 4.74 Å². The van der Waals surface area contributed by atoms with E-state index in [1.54, 1.807) is 6.33 Å². The highest BCUT2D eigenvalue weighted by Crippen LogP contribution is 2.19. The predicted molar refractivity (Wildman–Crippen MR) is 79.2 cm³/mol. The van der Waals surface area contributed by atoms with Crippen molar-refractivity contribution in [1.29, 1.82) is 0 Å². The fourth-order valence-corrected chi connectivity index (χ4v) is 2.73. The van der Waals surface area contributed by atoms with Gasteiger partial charge in [0.15, 0.2) is 0 Å².